The van der Waals surface area contributed by atoms with E-state index in [0.717, 1.165) is 55.3 Å². The van der Waals surface area contributed by atoms with Crippen LogP contribution in [0.25, 0.3) is 101 Å². The molecule has 1 aliphatic carbocycles. The van der Waals surface area contributed by atoms with Crippen LogP contribution < -0.4 is 0 Å². The van der Waals surface area contributed by atoms with Crippen molar-refractivity contribution in [1.82, 2.24) is 15.0 Å². The first-order chi connectivity index (χ1) is 28.5. The Labute approximate surface area is 337 Å². The van der Waals surface area contributed by atoms with Gasteiger partial charge in [-0.3, -0.25) is 0 Å². The maximum Gasteiger partial charge on any atom is 0.164 e. The van der Waals surface area contributed by atoms with Crippen molar-refractivity contribution in [3.05, 3.63) is 199 Å². The quantitative estimate of drug-likeness (QED) is 0.170. The predicted molar refractivity (Wildman–Crippen MR) is 237 cm³/mol. The van der Waals surface area contributed by atoms with Crippen LogP contribution in [0.1, 0.15) is 25.0 Å². The lowest BCUT2D eigenvalue weighted by atomic mass is 9.82. The average Bonchev–Trinajstić information content (AvgIpc) is 3.78. The van der Waals surface area contributed by atoms with Gasteiger partial charge in [-0.15, -0.1) is 0 Å². The average molecular weight is 744 g/mol. The second kappa shape index (κ2) is 13.4. The molecular weight excluding hydrogens is 707 g/mol. The molecule has 0 fully saturated rings. The van der Waals surface area contributed by atoms with Crippen LogP contribution in [0.4, 0.5) is 0 Å². The first-order valence-corrected chi connectivity index (χ1v) is 19.8. The molecule has 274 valence electrons. The summed E-state index contributed by atoms with van der Waals surface area (Å²) in [6, 6.07) is 66.0. The van der Waals surface area contributed by atoms with Crippen LogP contribution in [0.3, 0.4) is 0 Å². The third kappa shape index (κ3) is 5.56. The van der Waals surface area contributed by atoms with Crippen molar-refractivity contribution in [3.8, 4) is 78.7 Å². The standard InChI is InChI=1S/C54H37N3O/c1-54(2)45-23-10-9-20-42(45)49-44(22-12-24-46(49)54)53-56-51(37-28-26-36(27-29-37)34-14-5-3-6-15-34)55-52(57-53)40-30-31-43-48(33-40)58-47-25-13-21-41(50(43)47)39-19-11-18-38(32-39)35-16-7-4-8-17-35/h3-33H,1-2H3. The molecule has 0 spiro atoms. The number of fused-ring (bicyclic) bond motifs is 6. The van der Waals surface area contributed by atoms with Crippen LogP contribution in [0.5, 0.6) is 0 Å². The molecule has 0 N–H and O–H groups in total. The summed E-state index contributed by atoms with van der Waals surface area (Å²) >= 11 is 0. The first-order valence-electron chi connectivity index (χ1n) is 19.8. The lowest BCUT2D eigenvalue weighted by Crippen LogP contribution is -2.14. The van der Waals surface area contributed by atoms with Gasteiger partial charge in [-0.1, -0.05) is 178 Å². The van der Waals surface area contributed by atoms with Gasteiger partial charge >= 0.3 is 0 Å². The number of rotatable bonds is 6. The number of hydrogen-bond donors (Lipinski definition) is 0. The van der Waals surface area contributed by atoms with E-state index in [1.54, 1.807) is 0 Å². The summed E-state index contributed by atoms with van der Waals surface area (Å²) in [5.41, 5.74) is 16.2. The van der Waals surface area contributed by atoms with E-state index < -0.39 is 0 Å². The Morgan fingerprint density at radius 3 is 1.69 bits per heavy atom. The Balaban J connectivity index is 1.07. The molecule has 8 aromatic carbocycles. The molecule has 4 heteroatoms. The fraction of sp³-hybridized carbons (Fsp3) is 0.0556. The van der Waals surface area contributed by atoms with Gasteiger partial charge in [0.25, 0.3) is 0 Å². The summed E-state index contributed by atoms with van der Waals surface area (Å²) in [6.07, 6.45) is 0. The number of aromatic nitrogens is 3. The van der Waals surface area contributed by atoms with Gasteiger partial charge in [0.1, 0.15) is 11.2 Å². The first kappa shape index (κ1) is 33.9. The number of benzene rings is 8. The van der Waals surface area contributed by atoms with Crippen molar-refractivity contribution in [2.75, 3.05) is 0 Å². The van der Waals surface area contributed by atoms with Crippen molar-refractivity contribution < 1.29 is 4.42 Å². The smallest absolute Gasteiger partial charge is 0.164 e. The van der Waals surface area contributed by atoms with E-state index in [1.807, 2.05) is 12.1 Å². The summed E-state index contributed by atoms with van der Waals surface area (Å²) in [5.74, 6) is 1.85. The summed E-state index contributed by atoms with van der Waals surface area (Å²) in [5, 5.41) is 2.14. The minimum Gasteiger partial charge on any atom is -0.456 e. The van der Waals surface area contributed by atoms with E-state index in [-0.39, 0.29) is 5.41 Å². The van der Waals surface area contributed by atoms with E-state index in [9.17, 15) is 0 Å². The highest BCUT2D eigenvalue weighted by Gasteiger charge is 2.37. The zero-order valence-corrected chi connectivity index (χ0v) is 32.1. The van der Waals surface area contributed by atoms with Crippen LogP contribution in [-0.4, -0.2) is 15.0 Å². The van der Waals surface area contributed by atoms with Gasteiger partial charge in [0.2, 0.25) is 0 Å². The molecule has 11 rings (SSSR count). The van der Waals surface area contributed by atoms with Gasteiger partial charge in [-0.2, -0.15) is 0 Å². The maximum atomic E-state index is 6.63. The molecule has 58 heavy (non-hydrogen) atoms. The number of furan rings is 1. The largest absolute Gasteiger partial charge is 0.456 e. The third-order valence-electron chi connectivity index (χ3n) is 11.8. The van der Waals surface area contributed by atoms with E-state index in [0.29, 0.717) is 17.5 Å². The fourth-order valence-electron chi connectivity index (χ4n) is 8.84. The molecule has 0 aliphatic heterocycles. The Bertz CT molecular complexity index is 3180. The minimum atomic E-state index is -0.151. The number of hydrogen-bond acceptors (Lipinski definition) is 4. The van der Waals surface area contributed by atoms with E-state index >= 15 is 0 Å². The van der Waals surface area contributed by atoms with E-state index in [4.69, 9.17) is 19.4 Å². The van der Waals surface area contributed by atoms with Crippen molar-refractivity contribution in [1.29, 1.82) is 0 Å². The second-order valence-electron chi connectivity index (χ2n) is 15.6. The van der Waals surface area contributed by atoms with Crippen molar-refractivity contribution >= 4 is 21.9 Å². The highest BCUT2D eigenvalue weighted by molar-refractivity contribution is 6.13. The van der Waals surface area contributed by atoms with Gasteiger partial charge < -0.3 is 4.42 Å². The summed E-state index contributed by atoms with van der Waals surface area (Å²) in [7, 11) is 0. The van der Waals surface area contributed by atoms with Gasteiger partial charge in [0, 0.05) is 32.9 Å². The molecular formula is C54H37N3O. The van der Waals surface area contributed by atoms with Crippen molar-refractivity contribution in [2.45, 2.75) is 19.3 Å². The Morgan fingerprint density at radius 1 is 0.362 bits per heavy atom. The summed E-state index contributed by atoms with van der Waals surface area (Å²) < 4.78 is 6.63. The molecule has 0 bridgehead atoms. The molecule has 0 saturated carbocycles. The molecule has 0 saturated heterocycles. The van der Waals surface area contributed by atoms with Gasteiger partial charge in [0.05, 0.1) is 0 Å². The van der Waals surface area contributed by atoms with E-state index in [2.05, 4.69) is 190 Å². The molecule has 4 nitrogen and oxygen atoms in total. The Kier molecular flexibility index (Phi) is 7.80. The zero-order chi connectivity index (χ0) is 38.8. The van der Waals surface area contributed by atoms with E-state index in [1.165, 1.54) is 38.9 Å². The minimum absolute atomic E-state index is 0.151. The molecule has 0 radical (unpaired) electrons. The Hall–Kier alpha value is -7.43. The monoisotopic (exact) mass is 743 g/mol. The highest BCUT2D eigenvalue weighted by Crippen LogP contribution is 2.51. The normalized spacial score (nSPS) is 12.8. The molecule has 0 atom stereocenters. The maximum absolute atomic E-state index is 6.63. The summed E-state index contributed by atoms with van der Waals surface area (Å²) in [6.45, 7) is 4.60. The fourth-order valence-corrected chi connectivity index (χ4v) is 8.84. The molecule has 2 aromatic heterocycles. The lowest BCUT2D eigenvalue weighted by Gasteiger charge is -2.21. The highest BCUT2D eigenvalue weighted by atomic mass is 16.3. The van der Waals surface area contributed by atoms with Gasteiger partial charge in [0.15, 0.2) is 17.5 Å². The molecule has 1 aliphatic rings. The van der Waals surface area contributed by atoms with Gasteiger partial charge in [-0.25, -0.2) is 15.0 Å². The SMILES string of the molecule is CC1(C)c2ccccc2-c2c(-c3nc(-c4ccc(-c5ccccc5)cc4)nc(-c4ccc5c(c4)oc4cccc(-c6cccc(-c7ccccc7)c6)c45)n3)cccc21. The lowest BCUT2D eigenvalue weighted by molar-refractivity contribution is 0.660. The zero-order valence-electron chi connectivity index (χ0n) is 32.1. The van der Waals surface area contributed by atoms with Crippen LogP contribution in [0.2, 0.25) is 0 Å². The Morgan fingerprint density at radius 2 is 0.897 bits per heavy atom. The molecule has 2 heterocycles. The van der Waals surface area contributed by atoms with Crippen molar-refractivity contribution in [3.63, 3.8) is 0 Å². The summed E-state index contributed by atoms with van der Waals surface area (Å²) in [4.78, 5) is 15.7. The molecule has 0 unspecified atom stereocenters. The van der Waals surface area contributed by atoms with Crippen LogP contribution in [-0.2, 0) is 5.41 Å². The van der Waals surface area contributed by atoms with Crippen LogP contribution >= 0.6 is 0 Å². The van der Waals surface area contributed by atoms with Crippen LogP contribution in [0, 0.1) is 0 Å². The topological polar surface area (TPSA) is 51.8 Å². The van der Waals surface area contributed by atoms with Gasteiger partial charge in [-0.05, 0) is 79.9 Å². The second-order valence-corrected chi connectivity index (χ2v) is 15.6. The predicted octanol–water partition coefficient (Wildman–Crippen LogP) is 14.1. The number of nitrogens with zero attached hydrogens (tertiary/aromatic N) is 3. The third-order valence-corrected chi connectivity index (χ3v) is 11.8. The van der Waals surface area contributed by atoms with Crippen LogP contribution in [0.15, 0.2) is 192 Å². The van der Waals surface area contributed by atoms with Crippen molar-refractivity contribution in [2.24, 2.45) is 0 Å². The molecule has 0 amide bonds. The molecule has 10 aromatic rings.